The Labute approximate surface area is 122 Å². The second kappa shape index (κ2) is 4.42. The van der Waals surface area contributed by atoms with E-state index >= 15 is 0 Å². The van der Waals surface area contributed by atoms with Crippen molar-refractivity contribution in [3.8, 4) is 5.69 Å². The number of hydrogen-bond donors (Lipinski definition) is 0. The van der Waals surface area contributed by atoms with Gasteiger partial charge in [0, 0.05) is 5.39 Å². The van der Waals surface area contributed by atoms with Crippen molar-refractivity contribution in [1.82, 2.24) is 15.0 Å². The number of hydrogen-bond acceptors (Lipinski definition) is 2. The molecule has 21 heavy (non-hydrogen) atoms. The summed E-state index contributed by atoms with van der Waals surface area (Å²) in [6, 6.07) is 18.7. The van der Waals surface area contributed by atoms with Crippen LogP contribution < -0.4 is 0 Å². The Morgan fingerprint density at radius 1 is 0.810 bits per heavy atom. The van der Waals surface area contributed by atoms with Crippen LogP contribution in [0, 0.1) is 13.8 Å². The Hall–Kier alpha value is -2.68. The molecule has 0 fully saturated rings. The van der Waals surface area contributed by atoms with E-state index in [1.54, 1.807) is 4.80 Å². The van der Waals surface area contributed by atoms with Crippen LogP contribution in [0.5, 0.6) is 0 Å². The highest BCUT2D eigenvalue weighted by Gasteiger charge is 2.10. The van der Waals surface area contributed by atoms with Crippen LogP contribution in [0.3, 0.4) is 0 Å². The number of benzene rings is 3. The van der Waals surface area contributed by atoms with E-state index in [9.17, 15) is 0 Å². The van der Waals surface area contributed by atoms with Crippen LogP contribution in [-0.2, 0) is 0 Å². The van der Waals surface area contributed by atoms with Crippen molar-refractivity contribution in [1.29, 1.82) is 0 Å². The molecule has 1 aromatic heterocycles. The van der Waals surface area contributed by atoms with Gasteiger partial charge in [0.25, 0.3) is 0 Å². The zero-order chi connectivity index (χ0) is 14.4. The number of fused-ring (bicyclic) bond motifs is 3. The fourth-order valence-corrected chi connectivity index (χ4v) is 2.79. The molecule has 0 radical (unpaired) electrons. The molecule has 4 aromatic rings. The molecule has 4 rings (SSSR count). The van der Waals surface area contributed by atoms with Crippen LogP contribution in [0.2, 0.25) is 0 Å². The van der Waals surface area contributed by atoms with Gasteiger partial charge in [0.15, 0.2) is 0 Å². The molecule has 0 amide bonds. The topological polar surface area (TPSA) is 30.7 Å². The maximum atomic E-state index is 4.70. The number of nitrogens with zero attached hydrogens (tertiary/aromatic N) is 3. The van der Waals surface area contributed by atoms with Gasteiger partial charge in [0.05, 0.1) is 5.69 Å². The minimum Gasteiger partial charge on any atom is -0.150 e. The minimum atomic E-state index is 0.938. The normalized spacial score (nSPS) is 11.3. The first-order valence-electron chi connectivity index (χ1n) is 7.05. The molecule has 0 saturated heterocycles. The molecule has 0 saturated carbocycles. The lowest BCUT2D eigenvalue weighted by atomic mass is 10.0. The van der Waals surface area contributed by atoms with E-state index in [2.05, 4.69) is 55.3 Å². The summed E-state index contributed by atoms with van der Waals surface area (Å²) in [6.45, 7) is 4.19. The first kappa shape index (κ1) is 12.1. The van der Waals surface area contributed by atoms with Gasteiger partial charge in [0.2, 0.25) is 0 Å². The van der Waals surface area contributed by atoms with E-state index < -0.39 is 0 Å². The molecule has 3 nitrogen and oxygen atoms in total. The second-order valence-electron chi connectivity index (χ2n) is 5.44. The van der Waals surface area contributed by atoms with E-state index in [4.69, 9.17) is 5.10 Å². The lowest BCUT2D eigenvalue weighted by molar-refractivity contribution is 0.765. The molecule has 3 aromatic carbocycles. The van der Waals surface area contributed by atoms with Gasteiger partial charge in [-0.3, -0.25) is 0 Å². The van der Waals surface area contributed by atoms with Crippen LogP contribution in [0.4, 0.5) is 0 Å². The summed E-state index contributed by atoms with van der Waals surface area (Å²) >= 11 is 0. The van der Waals surface area contributed by atoms with E-state index in [0.29, 0.717) is 0 Å². The summed E-state index contributed by atoms with van der Waals surface area (Å²) in [7, 11) is 0. The van der Waals surface area contributed by atoms with Crippen molar-refractivity contribution in [2.75, 3.05) is 0 Å². The standard InChI is InChI=1S/C18H15N3/c1-12-6-5-7-14(10-12)21-19-17-11-13(2)15-8-3-4-9-16(15)18(17)20-21/h3-11H,1-2H3. The molecule has 0 N–H and O–H groups in total. The summed E-state index contributed by atoms with van der Waals surface area (Å²) in [5.41, 5.74) is 5.32. The Bertz CT molecular complexity index is 967. The molecular formula is C18H15N3. The van der Waals surface area contributed by atoms with Crippen molar-refractivity contribution in [3.05, 3.63) is 65.7 Å². The van der Waals surface area contributed by atoms with Crippen LogP contribution in [0.15, 0.2) is 54.6 Å². The minimum absolute atomic E-state index is 0.938. The van der Waals surface area contributed by atoms with Crippen LogP contribution >= 0.6 is 0 Å². The third-order valence-corrected chi connectivity index (χ3v) is 3.83. The van der Waals surface area contributed by atoms with E-state index in [0.717, 1.165) is 22.1 Å². The SMILES string of the molecule is Cc1cccc(-n2nc3cc(C)c4ccccc4c3n2)c1. The zero-order valence-corrected chi connectivity index (χ0v) is 12.0. The summed E-state index contributed by atoms with van der Waals surface area (Å²) in [5, 5.41) is 11.7. The lowest BCUT2D eigenvalue weighted by Crippen LogP contribution is -1.98. The second-order valence-corrected chi connectivity index (χ2v) is 5.44. The van der Waals surface area contributed by atoms with Gasteiger partial charge in [-0.15, -0.1) is 10.2 Å². The summed E-state index contributed by atoms with van der Waals surface area (Å²) in [6.07, 6.45) is 0. The van der Waals surface area contributed by atoms with Gasteiger partial charge in [-0.05, 0) is 48.6 Å². The van der Waals surface area contributed by atoms with Crippen LogP contribution in [0.25, 0.3) is 27.5 Å². The Morgan fingerprint density at radius 2 is 1.62 bits per heavy atom. The quantitative estimate of drug-likeness (QED) is 0.520. The van der Waals surface area contributed by atoms with E-state index in [1.165, 1.54) is 16.5 Å². The van der Waals surface area contributed by atoms with Crippen molar-refractivity contribution >= 4 is 21.8 Å². The summed E-state index contributed by atoms with van der Waals surface area (Å²) in [4.78, 5) is 1.73. The van der Waals surface area contributed by atoms with Crippen molar-refractivity contribution in [2.45, 2.75) is 13.8 Å². The van der Waals surface area contributed by atoms with E-state index in [1.807, 2.05) is 18.2 Å². The molecule has 0 spiro atoms. The fourth-order valence-electron chi connectivity index (χ4n) is 2.79. The molecular weight excluding hydrogens is 258 g/mol. The molecule has 0 bridgehead atoms. The highest BCUT2D eigenvalue weighted by Crippen LogP contribution is 2.26. The third-order valence-electron chi connectivity index (χ3n) is 3.83. The van der Waals surface area contributed by atoms with Crippen LogP contribution in [-0.4, -0.2) is 15.0 Å². The molecule has 0 atom stereocenters. The van der Waals surface area contributed by atoms with Gasteiger partial charge in [-0.1, -0.05) is 36.4 Å². The van der Waals surface area contributed by atoms with Gasteiger partial charge in [-0.25, -0.2) is 0 Å². The maximum Gasteiger partial charge on any atom is 0.121 e. The Balaban J connectivity index is 2.04. The third kappa shape index (κ3) is 1.89. The highest BCUT2D eigenvalue weighted by atomic mass is 15.5. The van der Waals surface area contributed by atoms with Crippen LogP contribution in [0.1, 0.15) is 11.1 Å². The molecule has 3 heteroatoms. The largest absolute Gasteiger partial charge is 0.150 e. The average Bonchev–Trinajstić information content (AvgIpc) is 2.92. The van der Waals surface area contributed by atoms with Crippen molar-refractivity contribution in [3.63, 3.8) is 0 Å². The lowest BCUT2D eigenvalue weighted by Gasteiger charge is -2.01. The molecule has 0 unspecified atom stereocenters. The first-order valence-corrected chi connectivity index (χ1v) is 7.05. The monoisotopic (exact) mass is 273 g/mol. The zero-order valence-electron chi connectivity index (χ0n) is 12.0. The molecule has 0 aliphatic carbocycles. The van der Waals surface area contributed by atoms with Gasteiger partial charge >= 0.3 is 0 Å². The molecule has 102 valence electrons. The smallest absolute Gasteiger partial charge is 0.121 e. The fraction of sp³-hybridized carbons (Fsp3) is 0.111. The Kier molecular flexibility index (Phi) is 2.54. The predicted octanol–water partition coefficient (Wildman–Crippen LogP) is 4.19. The summed E-state index contributed by atoms with van der Waals surface area (Å²) < 4.78 is 0. The van der Waals surface area contributed by atoms with E-state index in [-0.39, 0.29) is 0 Å². The predicted molar refractivity (Wildman–Crippen MR) is 85.8 cm³/mol. The number of aromatic nitrogens is 3. The summed E-state index contributed by atoms with van der Waals surface area (Å²) in [5.74, 6) is 0. The molecule has 0 aliphatic rings. The first-order chi connectivity index (χ1) is 10.2. The number of rotatable bonds is 1. The van der Waals surface area contributed by atoms with Gasteiger partial charge in [0.1, 0.15) is 11.0 Å². The highest BCUT2D eigenvalue weighted by molar-refractivity contribution is 6.05. The van der Waals surface area contributed by atoms with Gasteiger partial charge in [-0.2, -0.15) is 4.80 Å². The van der Waals surface area contributed by atoms with Crippen molar-refractivity contribution in [2.24, 2.45) is 0 Å². The molecule has 1 heterocycles. The average molecular weight is 273 g/mol. The molecule has 0 aliphatic heterocycles. The van der Waals surface area contributed by atoms with Gasteiger partial charge < -0.3 is 0 Å². The maximum absolute atomic E-state index is 4.70. The number of aryl methyl sites for hydroxylation is 2. The Morgan fingerprint density at radius 3 is 2.43 bits per heavy atom. The van der Waals surface area contributed by atoms with Crippen molar-refractivity contribution < 1.29 is 0 Å².